The summed E-state index contributed by atoms with van der Waals surface area (Å²) >= 11 is 19.2. The second-order valence-corrected chi connectivity index (χ2v) is 12.6. The van der Waals surface area contributed by atoms with Gasteiger partial charge in [0.25, 0.3) is 10.0 Å². The van der Waals surface area contributed by atoms with Crippen LogP contribution >= 0.6 is 34.8 Å². The maximum atomic E-state index is 14.1. The zero-order valence-corrected chi connectivity index (χ0v) is 26.3. The lowest BCUT2D eigenvalue weighted by Gasteiger charge is -2.33. The van der Waals surface area contributed by atoms with Crippen LogP contribution in [0.2, 0.25) is 15.1 Å². The number of aryl methyl sites for hydroxylation is 1. The quantitative estimate of drug-likeness (QED) is 0.207. The maximum absolute atomic E-state index is 14.1. The number of anilines is 1. The summed E-state index contributed by atoms with van der Waals surface area (Å²) in [6.45, 7) is 5.49. The SMILES string of the molecule is CCCCNC(=O)[C@H](CC)N(Cc1ccccc1Cl)C(=O)CN(c1cccc(Cl)c1Cl)S(=O)(=O)c1ccc(C)cc1. The smallest absolute Gasteiger partial charge is 0.264 e. The van der Waals surface area contributed by atoms with Gasteiger partial charge in [0.1, 0.15) is 12.6 Å². The van der Waals surface area contributed by atoms with Gasteiger partial charge in [0.05, 0.1) is 20.6 Å². The molecule has 0 fully saturated rings. The van der Waals surface area contributed by atoms with Crippen LogP contribution in [0.3, 0.4) is 0 Å². The predicted molar refractivity (Wildman–Crippen MR) is 166 cm³/mol. The Morgan fingerprint density at radius 3 is 2.20 bits per heavy atom. The van der Waals surface area contributed by atoms with Crippen LogP contribution in [0.25, 0.3) is 0 Å². The molecule has 220 valence electrons. The lowest BCUT2D eigenvalue weighted by molar-refractivity contribution is -0.140. The highest BCUT2D eigenvalue weighted by Gasteiger charge is 2.34. The van der Waals surface area contributed by atoms with E-state index in [2.05, 4.69) is 5.32 Å². The first-order chi connectivity index (χ1) is 19.5. The van der Waals surface area contributed by atoms with E-state index in [1.165, 1.54) is 29.2 Å². The van der Waals surface area contributed by atoms with E-state index >= 15 is 0 Å². The summed E-state index contributed by atoms with van der Waals surface area (Å²) in [7, 11) is -4.27. The van der Waals surface area contributed by atoms with E-state index in [-0.39, 0.29) is 33.1 Å². The van der Waals surface area contributed by atoms with Crippen LogP contribution in [0.15, 0.2) is 71.6 Å². The van der Waals surface area contributed by atoms with Crippen molar-refractivity contribution in [2.75, 3.05) is 17.4 Å². The first-order valence-corrected chi connectivity index (χ1v) is 15.9. The van der Waals surface area contributed by atoms with Gasteiger partial charge >= 0.3 is 0 Å². The molecule has 0 unspecified atom stereocenters. The molecule has 0 radical (unpaired) electrons. The van der Waals surface area contributed by atoms with E-state index in [0.29, 0.717) is 23.6 Å². The Bertz CT molecular complexity index is 1470. The molecule has 0 aliphatic heterocycles. The number of rotatable bonds is 13. The van der Waals surface area contributed by atoms with Crippen molar-refractivity contribution in [2.24, 2.45) is 0 Å². The minimum Gasteiger partial charge on any atom is -0.354 e. The Labute approximate surface area is 257 Å². The summed E-state index contributed by atoms with van der Waals surface area (Å²) in [6.07, 6.45) is 1.98. The largest absolute Gasteiger partial charge is 0.354 e. The number of sulfonamides is 1. The standard InChI is InChI=1S/C30H34Cl3N3O4S/c1-4-6-18-34-30(38)26(5-2)35(19-22-10-7-8-11-24(22)31)28(37)20-36(27-13-9-12-25(32)29(27)33)41(39,40)23-16-14-21(3)15-17-23/h7-17,26H,4-6,18-20H2,1-3H3,(H,34,38)/t26-/m0/s1. The number of nitrogens with one attached hydrogen (secondary N) is 1. The van der Waals surface area contributed by atoms with Gasteiger partial charge in [0, 0.05) is 18.1 Å². The number of nitrogens with zero attached hydrogens (tertiary/aromatic N) is 2. The second kappa shape index (κ2) is 14.9. The van der Waals surface area contributed by atoms with Crippen LogP contribution in [0.5, 0.6) is 0 Å². The van der Waals surface area contributed by atoms with E-state index in [1.807, 2.05) is 13.8 Å². The Morgan fingerprint density at radius 2 is 1.56 bits per heavy atom. The molecule has 11 heteroatoms. The molecule has 1 atom stereocenters. The molecule has 0 spiro atoms. The zero-order chi connectivity index (χ0) is 30.2. The highest BCUT2D eigenvalue weighted by molar-refractivity contribution is 7.92. The fourth-order valence-electron chi connectivity index (χ4n) is 4.27. The van der Waals surface area contributed by atoms with Gasteiger partial charge in [0.2, 0.25) is 11.8 Å². The van der Waals surface area contributed by atoms with Crippen LogP contribution < -0.4 is 9.62 Å². The van der Waals surface area contributed by atoms with Crippen molar-refractivity contribution in [2.45, 2.75) is 57.5 Å². The van der Waals surface area contributed by atoms with Crippen molar-refractivity contribution in [3.05, 3.63) is 92.9 Å². The molecule has 3 rings (SSSR count). The fourth-order valence-corrected chi connectivity index (χ4v) is 6.34. The molecule has 1 N–H and O–H groups in total. The molecule has 0 bridgehead atoms. The number of amides is 2. The van der Waals surface area contributed by atoms with Crippen molar-refractivity contribution in [3.8, 4) is 0 Å². The van der Waals surface area contributed by atoms with Gasteiger partial charge in [-0.05, 0) is 55.7 Å². The van der Waals surface area contributed by atoms with Gasteiger partial charge < -0.3 is 10.2 Å². The Balaban J connectivity index is 2.09. The molecule has 2 amide bonds. The van der Waals surface area contributed by atoms with E-state index in [4.69, 9.17) is 34.8 Å². The Hall–Kier alpha value is -2.78. The van der Waals surface area contributed by atoms with Crippen LogP contribution in [0.4, 0.5) is 5.69 Å². The van der Waals surface area contributed by atoms with E-state index in [0.717, 1.165) is 22.7 Å². The normalized spacial score (nSPS) is 12.0. The topological polar surface area (TPSA) is 86.8 Å². The highest BCUT2D eigenvalue weighted by atomic mass is 35.5. The number of carbonyl (C=O) groups excluding carboxylic acids is 2. The fraction of sp³-hybridized carbons (Fsp3) is 0.333. The molecule has 0 saturated heterocycles. The summed E-state index contributed by atoms with van der Waals surface area (Å²) in [6, 6.07) is 17.0. The van der Waals surface area contributed by atoms with Crippen LogP contribution in [0, 0.1) is 6.92 Å². The summed E-state index contributed by atoms with van der Waals surface area (Å²) in [4.78, 5) is 28.7. The molecular weight excluding hydrogens is 605 g/mol. The minimum atomic E-state index is -4.27. The van der Waals surface area contributed by atoms with E-state index < -0.39 is 28.5 Å². The summed E-state index contributed by atoms with van der Waals surface area (Å²) in [5, 5.41) is 3.44. The third-order valence-electron chi connectivity index (χ3n) is 6.60. The monoisotopic (exact) mass is 637 g/mol. The average molecular weight is 639 g/mol. The third kappa shape index (κ3) is 8.16. The number of halogens is 3. The molecule has 0 aliphatic rings. The van der Waals surface area contributed by atoms with Crippen molar-refractivity contribution < 1.29 is 18.0 Å². The summed E-state index contributed by atoms with van der Waals surface area (Å²) in [5.41, 5.74) is 1.54. The Kier molecular flexibility index (Phi) is 11.9. The predicted octanol–water partition coefficient (Wildman–Crippen LogP) is 6.87. The second-order valence-electron chi connectivity index (χ2n) is 9.58. The molecule has 0 aromatic heterocycles. The molecule has 7 nitrogen and oxygen atoms in total. The first kappa shape index (κ1) is 32.7. The number of unbranched alkanes of at least 4 members (excludes halogenated alkanes) is 1. The molecule has 0 aliphatic carbocycles. The summed E-state index contributed by atoms with van der Waals surface area (Å²) < 4.78 is 28.9. The first-order valence-electron chi connectivity index (χ1n) is 13.3. The van der Waals surface area contributed by atoms with Crippen LogP contribution in [0.1, 0.15) is 44.2 Å². The van der Waals surface area contributed by atoms with Crippen molar-refractivity contribution in [3.63, 3.8) is 0 Å². The summed E-state index contributed by atoms with van der Waals surface area (Å²) in [5.74, 6) is -0.927. The number of carbonyl (C=O) groups is 2. The van der Waals surface area contributed by atoms with Gasteiger partial charge in [-0.25, -0.2) is 8.42 Å². The molecule has 41 heavy (non-hydrogen) atoms. The van der Waals surface area contributed by atoms with E-state index in [9.17, 15) is 18.0 Å². The van der Waals surface area contributed by atoms with Gasteiger partial charge in [0.15, 0.2) is 0 Å². The highest BCUT2D eigenvalue weighted by Crippen LogP contribution is 2.35. The van der Waals surface area contributed by atoms with Gasteiger partial charge in [-0.2, -0.15) is 0 Å². The average Bonchev–Trinajstić information content (AvgIpc) is 2.94. The molecule has 3 aromatic carbocycles. The Morgan fingerprint density at radius 1 is 0.902 bits per heavy atom. The van der Waals surface area contributed by atoms with Crippen LogP contribution in [-0.2, 0) is 26.2 Å². The lowest BCUT2D eigenvalue weighted by Crippen LogP contribution is -2.52. The minimum absolute atomic E-state index is 0.0000908. The lowest BCUT2D eigenvalue weighted by atomic mass is 10.1. The van der Waals surface area contributed by atoms with Crippen molar-refractivity contribution in [1.29, 1.82) is 0 Å². The molecule has 0 saturated carbocycles. The zero-order valence-electron chi connectivity index (χ0n) is 23.2. The van der Waals surface area contributed by atoms with Crippen molar-refractivity contribution in [1.82, 2.24) is 10.2 Å². The van der Waals surface area contributed by atoms with Gasteiger partial charge in [-0.3, -0.25) is 13.9 Å². The maximum Gasteiger partial charge on any atom is 0.264 e. The van der Waals surface area contributed by atoms with Gasteiger partial charge in [-0.15, -0.1) is 0 Å². The van der Waals surface area contributed by atoms with E-state index in [1.54, 1.807) is 49.4 Å². The number of hydrogen-bond acceptors (Lipinski definition) is 4. The number of benzene rings is 3. The molecular formula is C30H34Cl3N3O4S. The molecule has 3 aromatic rings. The third-order valence-corrected chi connectivity index (χ3v) is 9.55. The van der Waals surface area contributed by atoms with Crippen molar-refractivity contribution >= 4 is 62.3 Å². The number of hydrogen-bond donors (Lipinski definition) is 1. The van der Waals surface area contributed by atoms with Crippen LogP contribution in [-0.4, -0.2) is 44.3 Å². The molecule has 0 heterocycles. The van der Waals surface area contributed by atoms with Gasteiger partial charge in [-0.1, -0.05) is 97.0 Å².